The van der Waals surface area contributed by atoms with Crippen LogP contribution in [0.3, 0.4) is 0 Å². The minimum atomic E-state index is -0.400. The van der Waals surface area contributed by atoms with Gasteiger partial charge < -0.3 is 9.84 Å². The van der Waals surface area contributed by atoms with Gasteiger partial charge in [-0.25, -0.2) is 4.79 Å². The number of halogens is 3. The summed E-state index contributed by atoms with van der Waals surface area (Å²) < 4.78 is 8.65. The number of benzene rings is 4. The number of hydrogen-bond donors (Lipinski definition) is 1. The van der Waals surface area contributed by atoms with Crippen molar-refractivity contribution in [3.05, 3.63) is 76.9 Å². The van der Waals surface area contributed by atoms with Gasteiger partial charge in [0, 0.05) is 32.3 Å². The fourth-order valence-corrected chi connectivity index (χ4v) is 5.36. The first-order valence-electron chi connectivity index (χ1n) is 7.97. The molecule has 134 valence electrons. The Morgan fingerprint density at radius 2 is 1.22 bits per heavy atom. The molecule has 0 heterocycles. The van der Waals surface area contributed by atoms with Crippen LogP contribution in [0.2, 0.25) is 0 Å². The number of phenols is 1. The summed E-state index contributed by atoms with van der Waals surface area (Å²) in [6.45, 7) is 0. The third-order valence-electron chi connectivity index (χ3n) is 4.30. The van der Waals surface area contributed by atoms with E-state index in [9.17, 15) is 9.90 Å². The fourth-order valence-electron chi connectivity index (χ4n) is 3.03. The van der Waals surface area contributed by atoms with Crippen molar-refractivity contribution >= 4 is 95.3 Å². The van der Waals surface area contributed by atoms with Gasteiger partial charge in [-0.05, 0) is 79.9 Å². The molecule has 27 heavy (non-hydrogen) atoms. The third kappa shape index (κ3) is 3.39. The van der Waals surface area contributed by atoms with E-state index in [-0.39, 0.29) is 5.75 Å². The standard InChI is InChI=1S/C21H11I3O3/c22-15-9-10-16(23)18(24)17(15)21(26)27-20-13-7-3-1-5-11(13)19(25)12-6-2-4-8-14(12)20/h1-10,25H. The predicted molar refractivity (Wildman–Crippen MR) is 133 cm³/mol. The average molecular weight is 692 g/mol. The quantitative estimate of drug-likeness (QED) is 0.0834. The van der Waals surface area contributed by atoms with Crippen molar-refractivity contribution in [3.8, 4) is 11.5 Å². The molecule has 4 rings (SSSR count). The lowest BCUT2D eigenvalue weighted by Gasteiger charge is -2.15. The monoisotopic (exact) mass is 692 g/mol. The lowest BCUT2D eigenvalue weighted by atomic mass is 10.0. The Balaban J connectivity index is 1.95. The van der Waals surface area contributed by atoms with E-state index in [1.807, 2.05) is 60.7 Å². The first-order valence-corrected chi connectivity index (χ1v) is 11.2. The van der Waals surface area contributed by atoms with Crippen molar-refractivity contribution in [1.82, 2.24) is 0 Å². The summed E-state index contributed by atoms with van der Waals surface area (Å²) in [6, 6.07) is 18.7. The van der Waals surface area contributed by atoms with Crippen LogP contribution >= 0.6 is 67.8 Å². The second kappa shape index (κ2) is 7.70. The molecule has 0 saturated carbocycles. The Hall–Kier alpha value is -1.14. The Morgan fingerprint density at radius 3 is 1.78 bits per heavy atom. The minimum absolute atomic E-state index is 0.194. The van der Waals surface area contributed by atoms with Crippen molar-refractivity contribution < 1.29 is 14.6 Å². The van der Waals surface area contributed by atoms with E-state index in [4.69, 9.17) is 4.74 Å². The molecular formula is C21H11I3O3. The van der Waals surface area contributed by atoms with Gasteiger partial charge in [0.1, 0.15) is 11.5 Å². The van der Waals surface area contributed by atoms with E-state index < -0.39 is 5.97 Å². The highest BCUT2D eigenvalue weighted by molar-refractivity contribution is 14.1. The second-order valence-electron chi connectivity index (χ2n) is 5.88. The summed E-state index contributed by atoms with van der Waals surface area (Å²) >= 11 is 6.54. The maximum atomic E-state index is 13.1. The molecule has 0 radical (unpaired) electrons. The zero-order valence-electron chi connectivity index (χ0n) is 13.7. The van der Waals surface area contributed by atoms with Crippen LogP contribution in [0.4, 0.5) is 0 Å². The molecule has 0 aliphatic heterocycles. The van der Waals surface area contributed by atoms with Gasteiger partial charge in [0.25, 0.3) is 0 Å². The van der Waals surface area contributed by atoms with Crippen LogP contribution in [0.1, 0.15) is 10.4 Å². The molecule has 0 unspecified atom stereocenters. The van der Waals surface area contributed by atoms with Crippen LogP contribution in [-0.2, 0) is 0 Å². The van der Waals surface area contributed by atoms with E-state index in [0.717, 1.165) is 10.7 Å². The molecule has 4 aromatic carbocycles. The summed E-state index contributed by atoms with van der Waals surface area (Å²) in [6.07, 6.45) is 0. The Labute approximate surface area is 196 Å². The Kier molecular flexibility index (Phi) is 5.48. The normalized spacial score (nSPS) is 11.1. The van der Waals surface area contributed by atoms with Gasteiger partial charge in [0.05, 0.1) is 5.56 Å². The Bertz CT molecular complexity index is 1160. The fraction of sp³-hybridized carbons (Fsp3) is 0. The van der Waals surface area contributed by atoms with Crippen molar-refractivity contribution in [3.63, 3.8) is 0 Å². The number of hydrogen-bond acceptors (Lipinski definition) is 3. The molecule has 0 aliphatic rings. The summed E-state index contributed by atoms with van der Waals surface area (Å²) in [5, 5.41) is 13.4. The smallest absolute Gasteiger partial charge is 0.345 e. The third-order valence-corrected chi connectivity index (χ3v) is 8.25. The molecular weight excluding hydrogens is 681 g/mol. The SMILES string of the molecule is O=C(Oc1c2ccccc2c(O)c2ccccc12)c1c(I)ccc(I)c1I. The number of carbonyl (C=O) groups excluding carboxylic acids is 1. The molecule has 4 aromatic rings. The molecule has 0 fully saturated rings. The topological polar surface area (TPSA) is 46.5 Å². The number of phenolic OH excluding ortho intramolecular Hbond substituents is 1. The molecule has 6 heteroatoms. The second-order valence-corrected chi connectivity index (χ2v) is 9.28. The van der Waals surface area contributed by atoms with E-state index in [1.165, 1.54) is 0 Å². The van der Waals surface area contributed by atoms with Gasteiger partial charge in [-0.15, -0.1) is 0 Å². The first kappa shape index (κ1) is 19.2. The molecule has 0 saturated heterocycles. The number of fused-ring (bicyclic) bond motifs is 2. The number of ether oxygens (including phenoxy) is 1. The van der Waals surface area contributed by atoms with Crippen molar-refractivity contribution in [2.45, 2.75) is 0 Å². The number of carbonyl (C=O) groups is 1. The van der Waals surface area contributed by atoms with Crippen LogP contribution in [0.25, 0.3) is 21.5 Å². The predicted octanol–water partition coefficient (Wildman–Crippen LogP) is 6.73. The van der Waals surface area contributed by atoms with Crippen molar-refractivity contribution in [2.75, 3.05) is 0 Å². The lowest BCUT2D eigenvalue weighted by Crippen LogP contribution is -2.13. The van der Waals surface area contributed by atoms with Crippen LogP contribution in [0, 0.1) is 10.7 Å². The maximum Gasteiger partial charge on any atom is 0.345 e. The van der Waals surface area contributed by atoms with Crippen molar-refractivity contribution in [1.29, 1.82) is 0 Å². The average Bonchev–Trinajstić information content (AvgIpc) is 2.68. The minimum Gasteiger partial charge on any atom is -0.507 e. The van der Waals surface area contributed by atoms with E-state index >= 15 is 0 Å². The summed E-state index contributed by atoms with van der Waals surface area (Å²) in [5.41, 5.74) is 0.560. The molecule has 0 aliphatic carbocycles. The first-order chi connectivity index (χ1) is 13.0. The molecule has 0 atom stereocenters. The number of esters is 1. The zero-order valence-corrected chi connectivity index (χ0v) is 20.1. The molecule has 1 N–H and O–H groups in total. The summed E-state index contributed by atoms with van der Waals surface area (Å²) in [5.74, 6) is 0.261. The highest BCUT2D eigenvalue weighted by atomic mass is 127. The summed E-state index contributed by atoms with van der Waals surface area (Å²) in [4.78, 5) is 13.1. The van der Waals surface area contributed by atoms with E-state index in [1.54, 1.807) is 0 Å². The molecule has 3 nitrogen and oxygen atoms in total. The molecule has 0 spiro atoms. The number of aromatic hydroxyl groups is 1. The Morgan fingerprint density at radius 1 is 0.741 bits per heavy atom. The highest BCUT2D eigenvalue weighted by Gasteiger charge is 2.22. The van der Waals surface area contributed by atoms with Gasteiger partial charge in [-0.2, -0.15) is 0 Å². The van der Waals surface area contributed by atoms with Crippen LogP contribution in [0.15, 0.2) is 60.7 Å². The zero-order chi connectivity index (χ0) is 19.1. The van der Waals surface area contributed by atoms with Gasteiger partial charge in [0.2, 0.25) is 0 Å². The highest BCUT2D eigenvalue weighted by Crippen LogP contribution is 2.42. The maximum absolute atomic E-state index is 13.1. The van der Waals surface area contributed by atoms with E-state index in [0.29, 0.717) is 32.9 Å². The van der Waals surface area contributed by atoms with Crippen LogP contribution < -0.4 is 4.74 Å². The van der Waals surface area contributed by atoms with Gasteiger partial charge in [-0.1, -0.05) is 48.5 Å². The van der Waals surface area contributed by atoms with Gasteiger partial charge in [0.15, 0.2) is 0 Å². The molecule has 0 aromatic heterocycles. The molecule has 0 amide bonds. The van der Waals surface area contributed by atoms with E-state index in [2.05, 4.69) is 67.8 Å². The van der Waals surface area contributed by atoms with Crippen LogP contribution in [-0.4, -0.2) is 11.1 Å². The number of rotatable bonds is 2. The van der Waals surface area contributed by atoms with Gasteiger partial charge in [-0.3, -0.25) is 0 Å². The molecule has 0 bridgehead atoms. The van der Waals surface area contributed by atoms with Crippen molar-refractivity contribution in [2.24, 2.45) is 0 Å². The summed E-state index contributed by atoms with van der Waals surface area (Å²) in [7, 11) is 0. The lowest BCUT2D eigenvalue weighted by molar-refractivity contribution is 0.0737. The van der Waals surface area contributed by atoms with Crippen LogP contribution in [0.5, 0.6) is 11.5 Å². The van der Waals surface area contributed by atoms with Gasteiger partial charge >= 0.3 is 5.97 Å². The largest absolute Gasteiger partial charge is 0.507 e.